The number of rotatable bonds is 5. The Morgan fingerprint density at radius 2 is 2.12 bits per heavy atom. The van der Waals surface area contributed by atoms with Crippen LogP contribution in [0.1, 0.15) is 46.0 Å². The van der Waals surface area contributed by atoms with Crippen LogP contribution in [0.2, 0.25) is 0 Å². The highest BCUT2D eigenvalue weighted by Gasteiger charge is 2.32. The second-order valence-electron chi connectivity index (χ2n) is 4.49. The number of carbonyl (C=O) groups is 1. The molecule has 0 aromatic carbocycles. The van der Waals surface area contributed by atoms with E-state index in [4.69, 9.17) is 10.5 Å². The van der Waals surface area contributed by atoms with Gasteiger partial charge in [-0.05, 0) is 32.1 Å². The van der Waals surface area contributed by atoms with Crippen molar-refractivity contribution < 1.29 is 9.53 Å². The summed E-state index contributed by atoms with van der Waals surface area (Å²) in [5.41, 5.74) is 5.45. The third-order valence-electron chi connectivity index (χ3n) is 3.54. The van der Waals surface area contributed by atoms with Gasteiger partial charge in [0.2, 0.25) is 5.91 Å². The van der Waals surface area contributed by atoms with Crippen LogP contribution in [-0.2, 0) is 9.53 Å². The predicted octanol–water partition coefficient (Wildman–Crippen LogP) is 1.19. The van der Waals surface area contributed by atoms with Crippen LogP contribution in [0.15, 0.2) is 0 Å². The Bertz CT molecular complexity index is 219. The maximum Gasteiger partial charge on any atom is 0.249 e. The van der Waals surface area contributed by atoms with Crippen molar-refractivity contribution in [1.82, 2.24) is 5.32 Å². The van der Waals surface area contributed by atoms with Crippen LogP contribution in [0.5, 0.6) is 0 Å². The van der Waals surface area contributed by atoms with Gasteiger partial charge in [0.05, 0.1) is 5.60 Å². The van der Waals surface area contributed by atoms with E-state index in [1.54, 1.807) is 0 Å². The Labute approximate surface area is 97.9 Å². The molecule has 0 aromatic heterocycles. The number of nitrogens with two attached hydrogens (primary N) is 1. The van der Waals surface area contributed by atoms with E-state index >= 15 is 0 Å². The summed E-state index contributed by atoms with van der Waals surface area (Å²) in [6.45, 7) is 5.37. The molecule has 0 aromatic rings. The first-order valence-electron chi connectivity index (χ1n) is 6.33. The monoisotopic (exact) mass is 228 g/mol. The van der Waals surface area contributed by atoms with Crippen molar-refractivity contribution in [2.45, 2.75) is 57.7 Å². The number of nitrogens with one attached hydrogen (secondary N) is 1. The Balaban J connectivity index is 2.64. The fraction of sp³-hybridized carbons (Fsp3) is 0.917. The van der Waals surface area contributed by atoms with Crippen molar-refractivity contribution in [2.75, 3.05) is 13.1 Å². The predicted molar refractivity (Wildman–Crippen MR) is 64.1 cm³/mol. The van der Waals surface area contributed by atoms with Gasteiger partial charge < -0.3 is 15.8 Å². The van der Waals surface area contributed by atoms with Gasteiger partial charge in [0.15, 0.2) is 0 Å². The molecule has 0 radical (unpaired) electrons. The molecule has 0 spiro atoms. The van der Waals surface area contributed by atoms with Crippen molar-refractivity contribution in [2.24, 2.45) is 5.73 Å². The van der Waals surface area contributed by atoms with Gasteiger partial charge in [0.1, 0.15) is 6.10 Å². The normalized spacial score (nSPS) is 22.7. The third kappa shape index (κ3) is 3.19. The Hall–Kier alpha value is -0.610. The zero-order valence-electron chi connectivity index (χ0n) is 10.4. The van der Waals surface area contributed by atoms with Crippen LogP contribution in [0.4, 0.5) is 0 Å². The summed E-state index contributed by atoms with van der Waals surface area (Å²) in [5.74, 6) is 0.0252. The van der Waals surface area contributed by atoms with Crippen LogP contribution in [0, 0.1) is 0 Å². The van der Waals surface area contributed by atoms with Gasteiger partial charge >= 0.3 is 0 Å². The zero-order valence-corrected chi connectivity index (χ0v) is 10.4. The summed E-state index contributed by atoms with van der Waals surface area (Å²) in [7, 11) is 0. The zero-order chi connectivity index (χ0) is 12.0. The number of ether oxygens (including phenoxy) is 1. The first kappa shape index (κ1) is 13.5. The lowest BCUT2D eigenvalue weighted by Gasteiger charge is -2.33. The van der Waals surface area contributed by atoms with E-state index < -0.39 is 0 Å². The minimum absolute atomic E-state index is 0.0252. The Kier molecular flexibility index (Phi) is 5.22. The lowest BCUT2D eigenvalue weighted by molar-refractivity contribution is -0.148. The summed E-state index contributed by atoms with van der Waals surface area (Å²) >= 11 is 0. The molecule has 1 atom stereocenters. The van der Waals surface area contributed by atoms with Gasteiger partial charge in [0, 0.05) is 13.1 Å². The van der Waals surface area contributed by atoms with Crippen LogP contribution >= 0.6 is 0 Å². The van der Waals surface area contributed by atoms with Crippen LogP contribution in [-0.4, -0.2) is 30.7 Å². The maximum atomic E-state index is 11.8. The molecule has 1 rings (SSSR count). The van der Waals surface area contributed by atoms with Crippen molar-refractivity contribution in [3.8, 4) is 0 Å². The molecule has 1 unspecified atom stereocenters. The van der Waals surface area contributed by atoms with Gasteiger partial charge in [-0.1, -0.05) is 13.8 Å². The molecule has 1 aliphatic rings. The molecule has 4 nitrogen and oxygen atoms in total. The van der Waals surface area contributed by atoms with Gasteiger partial charge in [-0.15, -0.1) is 0 Å². The lowest BCUT2D eigenvalue weighted by Crippen LogP contribution is -2.46. The van der Waals surface area contributed by atoms with Gasteiger partial charge in [0.25, 0.3) is 0 Å². The molecule has 0 aliphatic carbocycles. The molecule has 1 saturated heterocycles. The van der Waals surface area contributed by atoms with Gasteiger partial charge in [-0.25, -0.2) is 0 Å². The molecule has 3 N–H and O–H groups in total. The topological polar surface area (TPSA) is 64.3 Å². The number of carbonyl (C=O) groups excluding carboxylic acids is 1. The Morgan fingerprint density at radius 3 is 2.69 bits per heavy atom. The summed E-state index contributed by atoms with van der Waals surface area (Å²) in [4.78, 5) is 11.8. The highest BCUT2D eigenvalue weighted by Crippen LogP contribution is 2.23. The minimum atomic E-state index is -0.327. The van der Waals surface area contributed by atoms with Crippen LogP contribution in [0.3, 0.4) is 0 Å². The Morgan fingerprint density at radius 1 is 1.44 bits per heavy atom. The molecular weight excluding hydrogens is 204 g/mol. The van der Waals surface area contributed by atoms with Crippen molar-refractivity contribution in [3.05, 3.63) is 0 Å². The minimum Gasteiger partial charge on any atom is -0.361 e. The second-order valence-corrected chi connectivity index (χ2v) is 4.49. The molecule has 0 bridgehead atoms. The smallest absolute Gasteiger partial charge is 0.249 e. The molecule has 1 heterocycles. The van der Waals surface area contributed by atoms with Crippen LogP contribution < -0.4 is 11.1 Å². The lowest BCUT2D eigenvalue weighted by atomic mass is 9.96. The molecule has 0 saturated carbocycles. The van der Waals surface area contributed by atoms with E-state index in [0.717, 1.165) is 38.6 Å². The average Bonchev–Trinajstić information content (AvgIpc) is 2.52. The highest BCUT2D eigenvalue weighted by atomic mass is 16.5. The molecule has 94 valence electrons. The van der Waals surface area contributed by atoms with Crippen molar-refractivity contribution in [1.29, 1.82) is 0 Å². The fourth-order valence-electron chi connectivity index (χ4n) is 2.08. The molecule has 1 aliphatic heterocycles. The molecule has 4 heteroatoms. The molecule has 16 heavy (non-hydrogen) atoms. The summed E-state index contributed by atoms with van der Waals surface area (Å²) < 4.78 is 5.98. The average molecular weight is 228 g/mol. The maximum absolute atomic E-state index is 11.8. The number of amides is 1. The molecular formula is C12H24N2O2. The van der Waals surface area contributed by atoms with E-state index in [1.165, 1.54) is 0 Å². The number of hydrogen-bond acceptors (Lipinski definition) is 3. The highest BCUT2D eigenvalue weighted by molar-refractivity contribution is 5.81. The van der Waals surface area contributed by atoms with E-state index in [0.29, 0.717) is 6.54 Å². The summed E-state index contributed by atoms with van der Waals surface area (Å²) in [6, 6.07) is 0. The first-order chi connectivity index (χ1) is 7.67. The first-order valence-corrected chi connectivity index (χ1v) is 6.33. The standard InChI is InChI=1S/C12H24N2O2/c1-3-12(4-2,9-13)16-10-7-5-6-8-14-11(10)15/h10H,3-9,13H2,1-2H3,(H,14,15). The second kappa shape index (κ2) is 6.21. The van der Waals surface area contributed by atoms with Gasteiger partial charge in [-0.3, -0.25) is 4.79 Å². The number of hydrogen-bond donors (Lipinski definition) is 2. The fourth-order valence-corrected chi connectivity index (χ4v) is 2.08. The molecule has 1 fully saturated rings. The molecule has 1 amide bonds. The summed E-state index contributed by atoms with van der Waals surface area (Å²) in [6.07, 6.45) is 4.28. The van der Waals surface area contributed by atoms with E-state index in [-0.39, 0.29) is 17.6 Å². The third-order valence-corrected chi connectivity index (χ3v) is 3.54. The van der Waals surface area contributed by atoms with Crippen LogP contribution in [0.25, 0.3) is 0 Å². The van der Waals surface area contributed by atoms with E-state index in [1.807, 2.05) is 0 Å². The largest absolute Gasteiger partial charge is 0.361 e. The quantitative estimate of drug-likeness (QED) is 0.743. The van der Waals surface area contributed by atoms with E-state index in [9.17, 15) is 4.79 Å². The van der Waals surface area contributed by atoms with Gasteiger partial charge in [-0.2, -0.15) is 0 Å². The van der Waals surface area contributed by atoms with Crippen molar-refractivity contribution in [3.63, 3.8) is 0 Å². The van der Waals surface area contributed by atoms with E-state index in [2.05, 4.69) is 19.2 Å². The van der Waals surface area contributed by atoms with Crippen molar-refractivity contribution >= 4 is 5.91 Å². The summed E-state index contributed by atoms with van der Waals surface area (Å²) in [5, 5.41) is 2.88. The SMILES string of the molecule is CCC(CC)(CN)OC1CCCCNC1=O.